The van der Waals surface area contributed by atoms with Gasteiger partial charge in [0.25, 0.3) is 0 Å². The lowest BCUT2D eigenvalue weighted by Crippen LogP contribution is -2.46. The molecule has 202 valence electrons. The molecule has 2 aromatic rings. The molecule has 0 radical (unpaired) electrons. The molecule has 10 nitrogen and oxygen atoms in total. The van der Waals surface area contributed by atoms with Gasteiger partial charge in [-0.2, -0.15) is 15.0 Å². The van der Waals surface area contributed by atoms with Crippen LogP contribution in [0.2, 0.25) is 78.6 Å². The molecule has 0 amide bonds. The number of nitrogens with one attached hydrogen (secondary N) is 1. The molecule has 4 unspecified atom stereocenters. The number of hydrogen-bond donors (Lipinski definition) is 1. The summed E-state index contributed by atoms with van der Waals surface area (Å²) in [6.07, 6.45) is -1.20. The van der Waals surface area contributed by atoms with Gasteiger partial charge in [-0.25, -0.2) is 4.57 Å². The summed E-state index contributed by atoms with van der Waals surface area (Å²) in [5.41, 5.74) is 1.25. The van der Waals surface area contributed by atoms with E-state index in [1.165, 1.54) is 0 Å². The van der Waals surface area contributed by atoms with Gasteiger partial charge in [0.2, 0.25) is 20.1 Å². The second-order valence-corrected chi connectivity index (χ2v) is 31.8. The average molecular weight is 570 g/mol. The van der Waals surface area contributed by atoms with Crippen molar-refractivity contribution in [3.05, 3.63) is 0 Å². The zero-order valence-corrected chi connectivity index (χ0v) is 27.8. The molecule has 4 heterocycles. The van der Waals surface area contributed by atoms with E-state index in [1.54, 1.807) is 0 Å². The molecule has 0 spiro atoms. The fourth-order valence-corrected chi connectivity index (χ4v) is 7.45. The van der Waals surface area contributed by atoms with E-state index in [2.05, 4.69) is 83.5 Å². The van der Waals surface area contributed by atoms with E-state index in [4.69, 9.17) is 37.7 Å². The van der Waals surface area contributed by atoms with Crippen molar-refractivity contribution in [1.29, 1.82) is 0 Å². The molecule has 0 aliphatic carbocycles. The van der Waals surface area contributed by atoms with Crippen molar-refractivity contribution >= 4 is 50.3 Å². The van der Waals surface area contributed by atoms with Crippen molar-refractivity contribution < 1.29 is 22.8 Å². The average Bonchev–Trinajstić information content (AvgIpc) is 3.25. The first-order valence-corrected chi connectivity index (χ1v) is 26.4. The highest BCUT2D eigenvalue weighted by atomic mass is 28.4. The lowest BCUT2D eigenvalue weighted by molar-refractivity contribution is -0.0352. The van der Waals surface area contributed by atoms with Gasteiger partial charge in [0.15, 0.2) is 40.1 Å². The Balaban J connectivity index is 1.76. The van der Waals surface area contributed by atoms with Crippen molar-refractivity contribution in [2.24, 2.45) is 0 Å². The summed E-state index contributed by atoms with van der Waals surface area (Å²) in [6.45, 7) is 26.6. The molecule has 4 atom stereocenters. The number of ether oxygens (including phenoxy) is 2. The number of fused-ring (bicyclic) bond motifs is 5. The number of anilines is 1. The van der Waals surface area contributed by atoms with Gasteiger partial charge in [0.1, 0.15) is 20.4 Å². The van der Waals surface area contributed by atoms with Crippen LogP contribution in [0, 0.1) is 0 Å². The Morgan fingerprint density at radius 1 is 0.861 bits per heavy atom. The Bertz CT molecular complexity index is 1120. The molecule has 14 heteroatoms. The molecule has 0 saturated carbocycles. The molecular formula is C22H43N5O5Si4. The molecule has 36 heavy (non-hydrogen) atoms. The van der Waals surface area contributed by atoms with Gasteiger partial charge in [-0.05, 0) is 58.9 Å². The van der Waals surface area contributed by atoms with Crippen molar-refractivity contribution in [2.75, 3.05) is 11.6 Å². The summed E-state index contributed by atoms with van der Waals surface area (Å²) in [6, 6.07) is 0.466. The van der Waals surface area contributed by atoms with Gasteiger partial charge in [-0.3, -0.25) is 0 Å². The van der Waals surface area contributed by atoms with E-state index in [0.717, 1.165) is 0 Å². The quantitative estimate of drug-likeness (QED) is 0.417. The maximum absolute atomic E-state index is 6.61. The predicted octanol–water partition coefficient (Wildman–Crippen LogP) is 5.02. The standard InChI is InChI=1S/C22H43N5O5Si4/c1-33(2,3)26-21-24-18-15(19(25-21)32-36(10,11)12)23-22-27(18)20-17(30-22)16(31-35(7,8)9)14(29-20)13-28-34(4,5)6/h14,16-17,20H,13H2,1-12H3,(H,24,25,26). The zero-order valence-electron chi connectivity index (χ0n) is 23.8. The highest BCUT2D eigenvalue weighted by molar-refractivity contribution is 6.79. The first-order valence-electron chi connectivity index (χ1n) is 12.7. The van der Waals surface area contributed by atoms with Crippen molar-refractivity contribution in [3.8, 4) is 11.9 Å². The Morgan fingerprint density at radius 3 is 2.08 bits per heavy atom. The van der Waals surface area contributed by atoms with Crippen LogP contribution in [0.15, 0.2) is 0 Å². The highest BCUT2D eigenvalue weighted by Gasteiger charge is 2.55. The Labute approximate surface area is 218 Å². The van der Waals surface area contributed by atoms with Crippen LogP contribution in [0.4, 0.5) is 5.95 Å². The summed E-state index contributed by atoms with van der Waals surface area (Å²) >= 11 is 0. The van der Waals surface area contributed by atoms with E-state index in [0.29, 0.717) is 35.6 Å². The molecule has 1 N–H and O–H groups in total. The molecule has 4 rings (SSSR count). The van der Waals surface area contributed by atoms with Crippen molar-refractivity contribution in [3.63, 3.8) is 0 Å². The second-order valence-electron chi connectivity index (χ2n) is 13.6. The Hall–Kier alpha value is -1.30. The van der Waals surface area contributed by atoms with Gasteiger partial charge in [0.05, 0.1) is 6.61 Å². The molecule has 1 fully saturated rings. The Kier molecular flexibility index (Phi) is 7.06. The smallest absolute Gasteiger partial charge is 0.301 e. The number of imidazole rings is 1. The normalized spacial score (nSPS) is 24.6. The van der Waals surface area contributed by atoms with Crippen LogP contribution in [0.3, 0.4) is 0 Å². The lowest BCUT2D eigenvalue weighted by atomic mass is 10.1. The zero-order chi connectivity index (χ0) is 26.8. The number of nitrogens with zero attached hydrogens (tertiary/aromatic N) is 4. The number of aromatic nitrogens is 4. The van der Waals surface area contributed by atoms with Crippen LogP contribution in [0.25, 0.3) is 11.2 Å². The van der Waals surface area contributed by atoms with Crippen LogP contribution >= 0.6 is 0 Å². The number of rotatable bonds is 9. The largest absolute Gasteiger partial charge is 0.530 e. The van der Waals surface area contributed by atoms with E-state index in [9.17, 15) is 0 Å². The van der Waals surface area contributed by atoms with E-state index in [-0.39, 0.29) is 18.3 Å². The third kappa shape index (κ3) is 6.39. The molecule has 2 aromatic heterocycles. The summed E-state index contributed by atoms with van der Waals surface area (Å²) in [4.78, 5) is 17.9. The second kappa shape index (κ2) is 9.16. The summed E-state index contributed by atoms with van der Waals surface area (Å²) in [5.74, 6) is 1.04. The maximum atomic E-state index is 6.61. The Morgan fingerprint density at radius 2 is 1.53 bits per heavy atom. The summed E-state index contributed by atoms with van der Waals surface area (Å²) < 4.78 is 34.2. The SMILES string of the molecule is C[Si](C)(C)Nc1nc(O[Si](C)(C)C)c2nc3n(c2n1)C1OC(CO[Si](C)(C)C)C(O[Si](C)(C)C)C1O3. The van der Waals surface area contributed by atoms with Crippen LogP contribution in [-0.4, -0.2) is 77.6 Å². The molecule has 0 bridgehead atoms. The minimum atomic E-state index is -1.96. The molecule has 2 aliphatic heterocycles. The molecular weight excluding hydrogens is 527 g/mol. The minimum absolute atomic E-state index is 0.233. The van der Waals surface area contributed by atoms with Crippen molar-refractivity contribution in [2.45, 2.75) is 103 Å². The van der Waals surface area contributed by atoms with Gasteiger partial charge in [-0.15, -0.1) is 0 Å². The van der Waals surface area contributed by atoms with Crippen LogP contribution in [0.1, 0.15) is 6.23 Å². The molecule has 0 aromatic carbocycles. The fourth-order valence-electron chi connectivity index (χ4n) is 4.17. The predicted molar refractivity (Wildman–Crippen MR) is 152 cm³/mol. The van der Waals surface area contributed by atoms with Crippen LogP contribution in [-0.2, 0) is 13.6 Å². The topological polar surface area (TPSA) is 102 Å². The van der Waals surface area contributed by atoms with Gasteiger partial charge in [-0.1, -0.05) is 19.6 Å². The lowest BCUT2D eigenvalue weighted by Gasteiger charge is -2.30. The van der Waals surface area contributed by atoms with Gasteiger partial charge >= 0.3 is 6.01 Å². The van der Waals surface area contributed by atoms with Gasteiger partial charge in [0, 0.05) is 0 Å². The van der Waals surface area contributed by atoms with Crippen LogP contribution < -0.4 is 14.1 Å². The summed E-state index contributed by atoms with van der Waals surface area (Å²) in [5, 5.41) is 0. The molecule has 2 aliphatic rings. The first kappa shape index (κ1) is 27.7. The van der Waals surface area contributed by atoms with Gasteiger partial charge < -0.3 is 27.7 Å². The van der Waals surface area contributed by atoms with E-state index < -0.39 is 39.4 Å². The van der Waals surface area contributed by atoms with Crippen molar-refractivity contribution in [1.82, 2.24) is 19.5 Å². The highest BCUT2D eigenvalue weighted by Crippen LogP contribution is 2.45. The number of hydrogen-bond acceptors (Lipinski definition) is 9. The third-order valence-corrected chi connectivity index (χ3v) is 9.11. The van der Waals surface area contributed by atoms with E-state index in [1.807, 2.05) is 4.57 Å². The minimum Gasteiger partial charge on any atom is -0.530 e. The monoisotopic (exact) mass is 569 g/mol. The van der Waals surface area contributed by atoms with E-state index >= 15 is 0 Å². The third-order valence-electron chi connectivity index (χ3n) is 5.32. The maximum Gasteiger partial charge on any atom is 0.301 e. The molecule has 1 saturated heterocycles. The summed E-state index contributed by atoms with van der Waals surface area (Å²) in [7, 11) is -7.29. The fraction of sp³-hybridized carbons (Fsp3) is 0.773. The van der Waals surface area contributed by atoms with Crippen LogP contribution in [0.5, 0.6) is 11.9 Å². The first-order chi connectivity index (χ1) is 16.3.